The Morgan fingerprint density at radius 3 is 2.64 bits per heavy atom. The zero-order chi connectivity index (χ0) is 16.0. The fourth-order valence-corrected chi connectivity index (χ4v) is 4.47. The number of guanidine groups is 1. The number of aliphatic hydroxyl groups excluding tert-OH is 1. The van der Waals surface area contributed by atoms with E-state index in [-0.39, 0.29) is 11.9 Å². The van der Waals surface area contributed by atoms with Crippen LogP contribution in [0, 0.1) is 0 Å². The summed E-state index contributed by atoms with van der Waals surface area (Å²) in [6, 6.07) is 0.330. The van der Waals surface area contributed by atoms with Gasteiger partial charge in [-0.15, -0.1) is 0 Å². The molecule has 2 aliphatic rings. The molecule has 8 heteroatoms. The summed E-state index contributed by atoms with van der Waals surface area (Å²) in [5, 5.41) is 16.1. The lowest BCUT2D eigenvalue weighted by Gasteiger charge is -2.27. The van der Waals surface area contributed by atoms with E-state index in [1.165, 1.54) is 4.31 Å². The van der Waals surface area contributed by atoms with Crippen molar-refractivity contribution < 1.29 is 13.5 Å². The highest BCUT2D eigenvalue weighted by molar-refractivity contribution is 7.89. The van der Waals surface area contributed by atoms with Crippen LogP contribution >= 0.6 is 0 Å². The van der Waals surface area contributed by atoms with Crippen molar-refractivity contribution in [3.05, 3.63) is 0 Å². The van der Waals surface area contributed by atoms with Crippen LogP contribution in [0.1, 0.15) is 39.0 Å². The van der Waals surface area contributed by atoms with Crippen LogP contribution in [0.4, 0.5) is 0 Å². The van der Waals surface area contributed by atoms with Gasteiger partial charge in [-0.05, 0) is 39.0 Å². The van der Waals surface area contributed by atoms with Crippen molar-refractivity contribution in [3.8, 4) is 0 Å². The molecule has 0 radical (unpaired) electrons. The molecule has 1 saturated carbocycles. The summed E-state index contributed by atoms with van der Waals surface area (Å²) >= 11 is 0. The molecule has 0 bridgehead atoms. The van der Waals surface area contributed by atoms with Crippen LogP contribution in [-0.2, 0) is 10.0 Å². The van der Waals surface area contributed by atoms with Gasteiger partial charge in [-0.1, -0.05) is 0 Å². The fourth-order valence-electron chi connectivity index (χ4n) is 2.95. The van der Waals surface area contributed by atoms with Gasteiger partial charge in [0.05, 0.1) is 18.4 Å². The molecule has 1 heterocycles. The lowest BCUT2D eigenvalue weighted by atomic mass is 9.93. The summed E-state index contributed by atoms with van der Waals surface area (Å²) < 4.78 is 25.0. The maximum Gasteiger partial charge on any atom is 0.214 e. The Morgan fingerprint density at radius 1 is 1.32 bits per heavy atom. The van der Waals surface area contributed by atoms with Gasteiger partial charge < -0.3 is 15.7 Å². The molecule has 128 valence electrons. The summed E-state index contributed by atoms with van der Waals surface area (Å²) in [5.74, 6) is 1.000. The van der Waals surface area contributed by atoms with Gasteiger partial charge in [-0.25, -0.2) is 12.7 Å². The number of nitrogens with zero attached hydrogens (tertiary/aromatic N) is 2. The standard InChI is InChI=1S/C14H28N4O3S/c1-2-15-14(17-12-4-6-13(19)7-5-12)16-8-10-18-9-3-11-22(18,20)21/h12-13,19H,2-11H2,1H3,(H2,15,16,17). The first-order valence-electron chi connectivity index (χ1n) is 8.22. The Kier molecular flexibility index (Phi) is 6.46. The van der Waals surface area contributed by atoms with Gasteiger partial charge in [0.15, 0.2) is 5.96 Å². The number of aliphatic hydroxyl groups is 1. The predicted octanol–water partition coefficient (Wildman–Crippen LogP) is -0.119. The molecule has 0 amide bonds. The molecule has 0 aromatic rings. The van der Waals surface area contributed by atoms with Crippen molar-refractivity contribution in [2.45, 2.75) is 51.2 Å². The molecule has 0 unspecified atom stereocenters. The van der Waals surface area contributed by atoms with Crippen molar-refractivity contribution in [2.24, 2.45) is 4.99 Å². The first kappa shape index (κ1) is 17.5. The molecule has 1 saturated heterocycles. The number of hydrogen-bond acceptors (Lipinski definition) is 4. The highest BCUT2D eigenvalue weighted by Crippen LogP contribution is 2.18. The summed E-state index contributed by atoms with van der Waals surface area (Å²) in [4.78, 5) is 4.48. The Hall–Kier alpha value is -0.860. The summed E-state index contributed by atoms with van der Waals surface area (Å²) in [6.45, 7) is 4.30. The Morgan fingerprint density at radius 2 is 2.05 bits per heavy atom. The Balaban J connectivity index is 1.82. The van der Waals surface area contributed by atoms with Crippen LogP contribution in [0.15, 0.2) is 4.99 Å². The second-order valence-corrected chi connectivity index (χ2v) is 8.07. The van der Waals surface area contributed by atoms with E-state index in [0.29, 0.717) is 25.7 Å². The third-order valence-electron chi connectivity index (χ3n) is 4.20. The predicted molar refractivity (Wildman–Crippen MR) is 87.4 cm³/mol. The van der Waals surface area contributed by atoms with Crippen LogP contribution in [0.25, 0.3) is 0 Å². The molecule has 22 heavy (non-hydrogen) atoms. The Bertz CT molecular complexity index is 472. The zero-order valence-corrected chi connectivity index (χ0v) is 14.1. The molecule has 0 aromatic carbocycles. The van der Waals surface area contributed by atoms with E-state index < -0.39 is 10.0 Å². The second kappa shape index (κ2) is 8.12. The molecule has 2 fully saturated rings. The average Bonchev–Trinajstić information content (AvgIpc) is 2.81. The molecule has 7 nitrogen and oxygen atoms in total. The summed E-state index contributed by atoms with van der Waals surface area (Å²) in [6.07, 6.45) is 4.07. The van der Waals surface area contributed by atoms with Crippen LogP contribution in [0.5, 0.6) is 0 Å². The normalized spacial score (nSPS) is 29.5. The molecule has 0 atom stereocenters. The smallest absolute Gasteiger partial charge is 0.214 e. The van der Waals surface area contributed by atoms with E-state index in [2.05, 4.69) is 15.6 Å². The van der Waals surface area contributed by atoms with Crippen LogP contribution in [-0.4, -0.2) is 67.9 Å². The van der Waals surface area contributed by atoms with Gasteiger partial charge >= 0.3 is 0 Å². The summed E-state index contributed by atoms with van der Waals surface area (Å²) in [5.41, 5.74) is 0. The number of nitrogens with one attached hydrogen (secondary N) is 2. The minimum atomic E-state index is -3.04. The van der Waals surface area contributed by atoms with Gasteiger partial charge in [0.2, 0.25) is 10.0 Å². The van der Waals surface area contributed by atoms with Crippen molar-refractivity contribution in [2.75, 3.05) is 31.9 Å². The third kappa shape index (κ3) is 5.10. The average molecular weight is 332 g/mol. The third-order valence-corrected chi connectivity index (χ3v) is 6.16. The van der Waals surface area contributed by atoms with Gasteiger partial charge in [0.1, 0.15) is 0 Å². The molecule has 1 aliphatic heterocycles. The van der Waals surface area contributed by atoms with Crippen molar-refractivity contribution in [1.82, 2.24) is 14.9 Å². The Labute approximate surface area is 133 Å². The van der Waals surface area contributed by atoms with Crippen LogP contribution < -0.4 is 10.6 Å². The maximum absolute atomic E-state index is 11.7. The largest absolute Gasteiger partial charge is 0.393 e. The molecule has 3 N–H and O–H groups in total. The second-order valence-electron chi connectivity index (χ2n) is 5.98. The number of sulfonamides is 1. The van der Waals surface area contributed by atoms with Gasteiger partial charge in [-0.2, -0.15) is 0 Å². The van der Waals surface area contributed by atoms with E-state index >= 15 is 0 Å². The quantitative estimate of drug-likeness (QED) is 0.482. The molecule has 0 spiro atoms. The molecule has 1 aliphatic carbocycles. The van der Waals surface area contributed by atoms with Crippen molar-refractivity contribution in [3.63, 3.8) is 0 Å². The molecular weight excluding hydrogens is 304 g/mol. The fraction of sp³-hybridized carbons (Fsp3) is 0.929. The minimum absolute atomic E-state index is 0.169. The molecule has 2 rings (SSSR count). The molecular formula is C14H28N4O3S. The van der Waals surface area contributed by atoms with Crippen molar-refractivity contribution >= 4 is 16.0 Å². The van der Waals surface area contributed by atoms with Crippen molar-refractivity contribution in [1.29, 1.82) is 0 Å². The first-order valence-corrected chi connectivity index (χ1v) is 9.83. The zero-order valence-electron chi connectivity index (χ0n) is 13.3. The SMILES string of the molecule is CCNC(=NCCN1CCCS1(=O)=O)NC1CCC(O)CC1. The van der Waals surface area contributed by atoms with E-state index in [1.807, 2.05) is 6.92 Å². The van der Waals surface area contributed by atoms with E-state index in [1.54, 1.807) is 0 Å². The minimum Gasteiger partial charge on any atom is -0.393 e. The van der Waals surface area contributed by atoms with E-state index in [9.17, 15) is 13.5 Å². The number of hydrogen-bond donors (Lipinski definition) is 3. The van der Waals surface area contributed by atoms with Gasteiger partial charge in [0.25, 0.3) is 0 Å². The monoisotopic (exact) mass is 332 g/mol. The lowest BCUT2D eigenvalue weighted by Crippen LogP contribution is -2.45. The van der Waals surface area contributed by atoms with Gasteiger partial charge in [-0.3, -0.25) is 4.99 Å². The summed E-state index contributed by atoms with van der Waals surface area (Å²) in [7, 11) is -3.04. The maximum atomic E-state index is 11.7. The van der Waals surface area contributed by atoms with Gasteiger partial charge in [0, 0.05) is 25.7 Å². The molecule has 0 aromatic heterocycles. The van der Waals surface area contributed by atoms with Crippen LogP contribution in [0.2, 0.25) is 0 Å². The first-order chi connectivity index (χ1) is 10.5. The number of aliphatic imine (C=N–C) groups is 1. The highest BCUT2D eigenvalue weighted by Gasteiger charge is 2.27. The highest BCUT2D eigenvalue weighted by atomic mass is 32.2. The lowest BCUT2D eigenvalue weighted by molar-refractivity contribution is 0.120. The topological polar surface area (TPSA) is 94.0 Å². The number of rotatable bonds is 5. The van der Waals surface area contributed by atoms with E-state index in [0.717, 1.165) is 44.6 Å². The van der Waals surface area contributed by atoms with E-state index in [4.69, 9.17) is 0 Å². The van der Waals surface area contributed by atoms with Crippen LogP contribution in [0.3, 0.4) is 0 Å².